The third-order valence-electron chi connectivity index (χ3n) is 3.19. The zero-order chi connectivity index (χ0) is 13.4. The quantitative estimate of drug-likeness (QED) is 0.715. The van der Waals surface area contributed by atoms with Gasteiger partial charge in [-0.05, 0) is 24.6 Å². The Morgan fingerprint density at radius 2 is 1.89 bits per heavy atom. The Morgan fingerprint density at radius 1 is 1.16 bits per heavy atom. The summed E-state index contributed by atoms with van der Waals surface area (Å²) in [6, 6.07) is 13.4. The molecular formula is C15H14N2O2. The van der Waals surface area contributed by atoms with Crippen molar-refractivity contribution < 1.29 is 4.42 Å². The Kier molecular flexibility index (Phi) is 2.63. The van der Waals surface area contributed by atoms with Crippen molar-refractivity contribution in [2.24, 2.45) is 0 Å². The highest BCUT2D eigenvalue weighted by atomic mass is 16.4. The summed E-state index contributed by atoms with van der Waals surface area (Å²) in [4.78, 5) is 11.9. The molecule has 0 aliphatic carbocycles. The average Bonchev–Trinajstić information content (AvgIpc) is 2.71. The molecule has 0 bridgehead atoms. The lowest BCUT2D eigenvalue weighted by Gasteiger charge is -2.03. The summed E-state index contributed by atoms with van der Waals surface area (Å²) in [7, 11) is 0. The number of nitrogens with two attached hydrogens (primary N) is 1. The maximum Gasteiger partial charge on any atom is 0.420 e. The van der Waals surface area contributed by atoms with Crippen LogP contribution in [-0.2, 0) is 6.54 Å². The summed E-state index contributed by atoms with van der Waals surface area (Å²) in [5.41, 5.74) is 9.72. The lowest BCUT2D eigenvalue weighted by Crippen LogP contribution is -2.14. The van der Waals surface area contributed by atoms with Crippen molar-refractivity contribution in [1.29, 1.82) is 0 Å². The fraction of sp³-hybridized carbons (Fsp3) is 0.133. The van der Waals surface area contributed by atoms with Gasteiger partial charge in [0.25, 0.3) is 0 Å². The van der Waals surface area contributed by atoms with Gasteiger partial charge in [-0.15, -0.1) is 0 Å². The van der Waals surface area contributed by atoms with Gasteiger partial charge in [0.15, 0.2) is 5.58 Å². The van der Waals surface area contributed by atoms with Crippen LogP contribution in [0.2, 0.25) is 0 Å². The summed E-state index contributed by atoms with van der Waals surface area (Å²) in [6.45, 7) is 2.51. The Hall–Kier alpha value is -2.49. The van der Waals surface area contributed by atoms with Gasteiger partial charge in [0.05, 0.1) is 17.7 Å². The van der Waals surface area contributed by atoms with Gasteiger partial charge in [0.1, 0.15) is 0 Å². The van der Waals surface area contributed by atoms with Crippen LogP contribution in [-0.4, -0.2) is 4.57 Å². The van der Waals surface area contributed by atoms with Crippen LogP contribution in [0, 0.1) is 6.92 Å². The fourth-order valence-corrected chi connectivity index (χ4v) is 2.13. The van der Waals surface area contributed by atoms with E-state index in [0.717, 1.165) is 11.1 Å². The summed E-state index contributed by atoms with van der Waals surface area (Å²) in [5.74, 6) is -0.381. The maximum atomic E-state index is 11.9. The summed E-state index contributed by atoms with van der Waals surface area (Å²) in [6.07, 6.45) is 0. The summed E-state index contributed by atoms with van der Waals surface area (Å²) < 4.78 is 6.80. The van der Waals surface area contributed by atoms with Crippen molar-refractivity contribution >= 4 is 16.8 Å². The molecule has 0 amide bonds. The second-order valence-corrected chi connectivity index (χ2v) is 4.64. The highest BCUT2D eigenvalue weighted by molar-refractivity contribution is 5.84. The van der Waals surface area contributed by atoms with Gasteiger partial charge < -0.3 is 10.2 Å². The van der Waals surface area contributed by atoms with E-state index in [1.54, 1.807) is 10.6 Å². The predicted octanol–water partition coefficient (Wildman–Crippen LogP) is 2.53. The molecule has 0 aliphatic heterocycles. The number of benzene rings is 2. The SMILES string of the molecule is Cc1ccc(Cn2c(=O)oc3c(N)cccc32)cc1. The third-order valence-corrected chi connectivity index (χ3v) is 3.19. The predicted molar refractivity (Wildman–Crippen MR) is 75.2 cm³/mol. The number of rotatable bonds is 2. The normalized spacial score (nSPS) is 11.0. The molecule has 1 heterocycles. The van der Waals surface area contributed by atoms with Crippen molar-refractivity contribution in [1.82, 2.24) is 4.57 Å². The molecule has 0 saturated heterocycles. The van der Waals surface area contributed by atoms with Crippen LogP contribution >= 0.6 is 0 Å². The number of oxazole rings is 1. The molecule has 96 valence electrons. The van der Waals surface area contributed by atoms with Crippen LogP contribution in [0.25, 0.3) is 11.1 Å². The lowest BCUT2D eigenvalue weighted by atomic mass is 10.1. The first-order valence-corrected chi connectivity index (χ1v) is 6.08. The number of aryl methyl sites for hydroxylation is 1. The molecule has 0 saturated carbocycles. The minimum atomic E-state index is -0.381. The van der Waals surface area contributed by atoms with Crippen molar-refractivity contribution in [3.05, 3.63) is 64.1 Å². The molecule has 0 aliphatic rings. The lowest BCUT2D eigenvalue weighted by molar-refractivity contribution is 0.518. The largest absolute Gasteiger partial charge is 0.420 e. The second kappa shape index (κ2) is 4.31. The molecule has 2 aromatic carbocycles. The van der Waals surface area contributed by atoms with Crippen molar-refractivity contribution in [2.45, 2.75) is 13.5 Å². The first-order valence-electron chi connectivity index (χ1n) is 6.08. The third kappa shape index (κ3) is 2.01. The topological polar surface area (TPSA) is 61.2 Å². The van der Waals surface area contributed by atoms with Gasteiger partial charge in [-0.3, -0.25) is 4.57 Å². The van der Waals surface area contributed by atoms with Crippen LogP contribution in [0.5, 0.6) is 0 Å². The number of hydrogen-bond acceptors (Lipinski definition) is 3. The average molecular weight is 254 g/mol. The van der Waals surface area contributed by atoms with Gasteiger partial charge in [-0.1, -0.05) is 35.9 Å². The van der Waals surface area contributed by atoms with E-state index < -0.39 is 0 Å². The zero-order valence-corrected chi connectivity index (χ0v) is 10.6. The van der Waals surface area contributed by atoms with E-state index in [2.05, 4.69) is 0 Å². The van der Waals surface area contributed by atoms with E-state index in [1.165, 1.54) is 5.56 Å². The second-order valence-electron chi connectivity index (χ2n) is 4.64. The minimum Gasteiger partial charge on any atom is -0.405 e. The van der Waals surface area contributed by atoms with Gasteiger partial charge in [0.2, 0.25) is 0 Å². The number of fused-ring (bicyclic) bond motifs is 1. The maximum absolute atomic E-state index is 11.9. The Bertz CT molecular complexity index is 782. The van der Waals surface area contributed by atoms with E-state index in [4.69, 9.17) is 10.2 Å². The number of para-hydroxylation sites is 1. The van der Waals surface area contributed by atoms with Crippen molar-refractivity contribution in [3.8, 4) is 0 Å². The summed E-state index contributed by atoms with van der Waals surface area (Å²) in [5, 5.41) is 0. The van der Waals surface area contributed by atoms with Crippen molar-refractivity contribution in [3.63, 3.8) is 0 Å². The Morgan fingerprint density at radius 3 is 2.63 bits per heavy atom. The zero-order valence-electron chi connectivity index (χ0n) is 10.6. The molecule has 19 heavy (non-hydrogen) atoms. The van der Waals surface area contributed by atoms with Gasteiger partial charge in [-0.2, -0.15) is 0 Å². The smallest absolute Gasteiger partial charge is 0.405 e. The molecular weight excluding hydrogens is 240 g/mol. The molecule has 0 atom stereocenters. The van der Waals surface area contributed by atoms with Crippen LogP contribution in [0.3, 0.4) is 0 Å². The summed E-state index contributed by atoms with van der Waals surface area (Å²) >= 11 is 0. The fourth-order valence-electron chi connectivity index (χ4n) is 2.13. The van der Waals surface area contributed by atoms with Crippen LogP contribution in [0.4, 0.5) is 5.69 Å². The first kappa shape index (κ1) is 11.6. The minimum absolute atomic E-state index is 0.381. The molecule has 0 fully saturated rings. The first-order chi connectivity index (χ1) is 9.15. The van der Waals surface area contributed by atoms with E-state index in [0.29, 0.717) is 17.8 Å². The van der Waals surface area contributed by atoms with E-state index in [9.17, 15) is 4.79 Å². The molecule has 4 nitrogen and oxygen atoms in total. The van der Waals surface area contributed by atoms with Crippen LogP contribution in [0.15, 0.2) is 51.7 Å². The molecule has 4 heteroatoms. The number of aromatic nitrogens is 1. The number of hydrogen-bond donors (Lipinski definition) is 1. The Balaban J connectivity index is 2.10. The van der Waals surface area contributed by atoms with Crippen LogP contribution < -0.4 is 11.5 Å². The molecule has 2 N–H and O–H groups in total. The van der Waals surface area contributed by atoms with Gasteiger partial charge in [-0.25, -0.2) is 4.79 Å². The standard InChI is InChI=1S/C15H14N2O2/c1-10-5-7-11(8-6-10)9-17-13-4-2-3-12(16)14(13)19-15(17)18/h2-8H,9,16H2,1H3. The van der Waals surface area contributed by atoms with E-state index in [1.807, 2.05) is 43.3 Å². The van der Waals surface area contributed by atoms with E-state index in [-0.39, 0.29) is 5.76 Å². The monoisotopic (exact) mass is 254 g/mol. The molecule has 1 aromatic heterocycles. The highest BCUT2D eigenvalue weighted by Crippen LogP contribution is 2.20. The van der Waals surface area contributed by atoms with Gasteiger partial charge in [0, 0.05) is 0 Å². The van der Waals surface area contributed by atoms with Crippen molar-refractivity contribution in [2.75, 3.05) is 5.73 Å². The van der Waals surface area contributed by atoms with Gasteiger partial charge >= 0.3 is 5.76 Å². The number of anilines is 1. The molecule has 0 unspecified atom stereocenters. The van der Waals surface area contributed by atoms with E-state index >= 15 is 0 Å². The molecule has 0 spiro atoms. The molecule has 3 rings (SSSR count). The molecule has 0 radical (unpaired) electrons. The Labute approximate surface area is 110 Å². The number of nitrogens with zero attached hydrogens (tertiary/aromatic N) is 1. The van der Waals surface area contributed by atoms with Crippen LogP contribution in [0.1, 0.15) is 11.1 Å². The highest BCUT2D eigenvalue weighted by Gasteiger charge is 2.11. The molecule has 3 aromatic rings. The number of nitrogen functional groups attached to an aromatic ring is 1.